The maximum atomic E-state index is 12.8. The molecule has 8 heteroatoms. The van der Waals surface area contributed by atoms with Gasteiger partial charge in [0, 0.05) is 19.3 Å². The maximum absolute atomic E-state index is 12.8. The first-order valence-electron chi connectivity index (χ1n) is 24.3. The number of ether oxygens (including phenoxy) is 3. The molecule has 60 heavy (non-hydrogen) atoms. The standard InChI is InChI=1S/C52H91NO7/c1-6-8-10-12-14-16-18-20-22-24-25-27-29-31-33-35-37-39-41-43-51(55)60-48(46-58-45-44-49(52(56)57)53(3,4)5)47-59-50(54)42-40-38-36-34-32-30-28-26-23-21-19-17-15-13-11-9-7-2/h8,10,14,16,20-23,25,27,48-49H,6-7,9,11-13,15,17-19,24,26,28-47H2,1-5H3/b10-8+,16-14+,22-20+,23-21+,27-25+. The predicted molar refractivity (Wildman–Crippen MR) is 249 cm³/mol. The lowest BCUT2D eigenvalue weighted by atomic mass is 10.1. The van der Waals surface area contributed by atoms with Gasteiger partial charge in [0.05, 0.1) is 40.3 Å². The Morgan fingerprint density at radius 1 is 0.517 bits per heavy atom. The number of aliphatic carboxylic acids is 1. The van der Waals surface area contributed by atoms with E-state index in [-0.39, 0.29) is 42.7 Å². The second-order valence-electron chi connectivity index (χ2n) is 17.3. The highest BCUT2D eigenvalue weighted by molar-refractivity contribution is 5.70. The third-order valence-electron chi connectivity index (χ3n) is 10.6. The summed E-state index contributed by atoms with van der Waals surface area (Å²) in [5, 5.41) is 11.6. The van der Waals surface area contributed by atoms with Crippen LogP contribution < -0.4 is 5.11 Å². The fraction of sp³-hybridized carbons (Fsp3) is 0.750. The van der Waals surface area contributed by atoms with Crippen molar-refractivity contribution in [1.29, 1.82) is 0 Å². The van der Waals surface area contributed by atoms with Gasteiger partial charge in [0.25, 0.3) is 0 Å². The Hall–Kier alpha value is -2.97. The van der Waals surface area contributed by atoms with Gasteiger partial charge >= 0.3 is 11.9 Å². The number of rotatable bonds is 43. The Morgan fingerprint density at radius 3 is 1.40 bits per heavy atom. The Balaban J connectivity index is 4.32. The Bertz CT molecular complexity index is 1170. The van der Waals surface area contributed by atoms with Gasteiger partial charge in [-0.25, -0.2) is 0 Å². The van der Waals surface area contributed by atoms with Crippen LogP contribution >= 0.6 is 0 Å². The van der Waals surface area contributed by atoms with E-state index in [1.165, 1.54) is 89.9 Å². The molecule has 0 N–H and O–H groups in total. The second kappa shape index (κ2) is 42.7. The van der Waals surface area contributed by atoms with Gasteiger partial charge in [0.2, 0.25) is 0 Å². The molecule has 0 aliphatic rings. The molecule has 0 spiro atoms. The van der Waals surface area contributed by atoms with Crippen LogP contribution in [0.15, 0.2) is 60.8 Å². The molecule has 0 saturated carbocycles. The van der Waals surface area contributed by atoms with Crippen LogP contribution in [-0.2, 0) is 28.6 Å². The Labute approximate surface area is 368 Å². The van der Waals surface area contributed by atoms with Crippen molar-refractivity contribution >= 4 is 17.9 Å². The predicted octanol–water partition coefficient (Wildman–Crippen LogP) is 12.4. The van der Waals surface area contributed by atoms with Gasteiger partial charge in [-0.3, -0.25) is 9.59 Å². The minimum atomic E-state index is -1.13. The molecule has 0 bridgehead atoms. The lowest BCUT2D eigenvalue weighted by Gasteiger charge is -2.34. The summed E-state index contributed by atoms with van der Waals surface area (Å²) < 4.78 is 17.2. The second-order valence-corrected chi connectivity index (χ2v) is 17.3. The molecular weight excluding hydrogens is 751 g/mol. The maximum Gasteiger partial charge on any atom is 0.306 e. The average molecular weight is 842 g/mol. The molecule has 2 atom stereocenters. The van der Waals surface area contributed by atoms with E-state index in [9.17, 15) is 19.5 Å². The zero-order valence-corrected chi connectivity index (χ0v) is 39.4. The van der Waals surface area contributed by atoms with Crippen LogP contribution in [0.25, 0.3) is 0 Å². The van der Waals surface area contributed by atoms with Gasteiger partial charge in [-0.15, -0.1) is 0 Å². The highest BCUT2D eigenvalue weighted by atomic mass is 16.6. The SMILES string of the molecule is CC/C=C/C/C=C/C/C=C/C/C=C/CCCCCCCCC(=O)OC(COCCC(C(=O)[O-])[N+](C)(C)C)COC(=O)CCCCCCCCC/C=C/CCCCCCCC. The number of quaternary nitrogens is 1. The van der Waals surface area contributed by atoms with Crippen LogP contribution in [-0.4, -0.2) is 75.5 Å². The van der Waals surface area contributed by atoms with Crippen LogP contribution in [0.1, 0.15) is 200 Å². The molecule has 2 unspecified atom stereocenters. The molecule has 0 aromatic carbocycles. The van der Waals surface area contributed by atoms with Crippen molar-refractivity contribution in [2.45, 2.75) is 212 Å². The lowest BCUT2D eigenvalue weighted by Crippen LogP contribution is -2.55. The molecule has 0 rings (SSSR count). The number of allylic oxidation sites excluding steroid dienone is 10. The molecule has 0 aromatic rings. The number of carbonyl (C=O) groups is 3. The number of unbranched alkanes of at least 4 members (excludes halogenated alkanes) is 19. The number of hydrogen-bond donors (Lipinski definition) is 0. The smallest absolute Gasteiger partial charge is 0.306 e. The first kappa shape index (κ1) is 57.0. The van der Waals surface area contributed by atoms with Gasteiger partial charge < -0.3 is 28.6 Å². The van der Waals surface area contributed by atoms with Crippen molar-refractivity contribution in [3.05, 3.63) is 60.8 Å². The van der Waals surface area contributed by atoms with E-state index in [2.05, 4.69) is 74.6 Å². The normalized spacial score (nSPS) is 13.4. The first-order valence-corrected chi connectivity index (χ1v) is 24.3. The van der Waals surface area contributed by atoms with E-state index in [1.807, 2.05) is 0 Å². The number of carboxylic acids is 1. The third kappa shape index (κ3) is 40.4. The Morgan fingerprint density at radius 2 is 0.933 bits per heavy atom. The topological polar surface area (TPSA) is 102 Å². The summed E-state index contributed by atoms with van der Waals surface area (Å²) in [5.41, 5.74) is 0. The highest BCUT2D eigenvalue weighted by Gasteiger charge is 2.25. The van der Waals surface area contributed by atoms with Gasteiger partial charge in [0.1, 0.15) is 12.6 Å². The van der Waals surface area contributed by atoms with Crippen LogP contribution in [0.5, 0.6) is 0 Å². The van der Waals surface area contributed by atoms with Crippen LogP contribution in [0.3, 0.4) is 0 Å². The number of carbonyl (C=O) groups excluding carboxylic acids is 3. The quantitative estimate of drug-likeness (QED) is 0.0261. The summed E-state index contributed by atoms with van der Waals surface area (Å²) >= 11 is 0. The zero-order chi connectivity index (χ0) is 44.2. The summed E-state index contributed by atoms with van der Waals surface area (Å²) in [6, 6.07) is -0.731. The molecule has 0 aliphatic heterocycles. The summed E-state index contributed by atoms with van der Waals surface area (Å²) in [6.45, 7) is 4.53. The molecule has 0 heterocycles. The summed E-state index contributed by atoms with van der Waals surface area (Å²) in [4.78, 5) is 37.0. The monoisotopic (exact) mass is 842 g/mol. The van der Waals surface area contributed by atoms with E-state index >= 15 is 0 Å². The number of hydrogen-bond acceptors (Lipinski definition) is 7. The molecule has 346 valence electrons. The number of esters is 2. The van der Waals surface area contributed by atoms with E-state index < -0.39 is 18.1 Å². The first-order chi connectivity index (χ1) is 29.1. The molecule has 0 amide bonds. The van der Waals surface area contributed by atoms with Gasteiger partial charge in [-0.1, -0.05) is 164 Å². The van der Waals surface area contributed by atoms with Crippen molar-refractivity contribution < 1.29 is 38.2 Å². The van der Waals surface area contributed by atoms with E-state index in [0.717, 1.165) is 77.0 Å². The molecule has 8 nitrogen and oxygen atoms in total. The van der Waals surface area contributed by atoms with E-state index in [4.69, 9.17) is 14.2 Å². The summed E-state index contributed by atoms with van der Waals surface area (Å²) in [5.74, 6) is -1.76. The minimum absolute atomic E-state index is 0.0319. The van der Waals surface area contributed by atoms with E-state index in [1.54, 1.807) is 21.1 Å². The molecule has 0 fully saturated rings. The van der Waals surface area contributed by atoms with Crippen molar-refractivity contribution in [1.82, 2.24) is 0 Å². The van der Waals surface area contributed by atoms with Gasteiger partial charge in [-0.05, 0) is 77.0 Å². The van der Waals surface area contributed by atoms with Gasteiger partial charge in [-0.2, -0.15) is 0 Å². The largest absolute Gasteiger partial charge is 0.544 e. The average Bonchev–Trinajstić information content (AvgIpc) is 3.21. The van der Waals surface area contributed by atoms with Crippen molar-refractivity contribution in [3.8, 4) is 0 Å². The van der Waals surface area contributed by atoms with Crippen molar-refractivity contribution in [2.75, 3.05) is 41.0 Å². The summed E-state index contributed by atoms with van der Waals surface area (Å²) in [6.07, 6.45) is 52.4. The summed E-state index contributed by atoms with van der Waals surface area (Å²) in [7, 11) is 5.40. The molecule has 0 aromatic heterocycles. The highest BCUT2D eigenvalue weighted by Crippen LogP contribution is 2.14. The number of likely N-dealkylation sites (N-methyl/N-ethyl adjacent to an activating group) is 1. The lowest BCUT2D eigenvalue weighted by molar-refractivity contribution is -0.889. The molecule has 0 aliphatic carbocycles. The number of nitrogens with zero attached hydrogens (tertiary/aromatic N) is 1. The fourth-order valence-corrected chi connectivity index (χ4v) is 6.88. The van der Waals surface area contributed by atoms with Crippen LogP contribution in [0.4, 0.5) is 0 Å². The minimum Gasteiger partial charge on any atom is -0.544 e. The van der Waals surface area contributed by atoms with E-state index in [0.29, 0.717) is 12.8 Å². The van der Waals surface area contributed by atoms with Crippen molar-refractivity contribution in [3.63, 3.8) is 0 Å². The molecule has 0 saturated heterocycles. The Kier molecular flexibility index (Phi) is 40.6. The third-order valence-corrected chi connectivity index (χ3v) is 10.6. The molecule has 0 radical (unpaired) electrons. The van der Waals surface area contributed by atoms with Crippen molar-refractivity contribution in [2.24, 2.45) is 0 Å². The number of carboxylic acid groups (broad SMARTS) is 1. The van der Waals surface area contributed by atoms with Crippen LogP contribution in [0, 0.1) is 0 Å². The zero-order valence-electron chi connectivity index (χ0n) is 39.4. The van der Waals surface area contributed by atoms with Crippen LogP contribution in [0.2, 0.25) is 0 Å². The fourth-order valence-electron chi connectivity index (χ4n) is 6.88. The van der Waals surface area contributed by atoms with Gasteiger partial charge in [0.15, 0.2) is 6.10 Å². The molecular formula is C52H91NO7.